The summed E-state index contributed by atoms with van der Waals surface area (Å²) >= 11 is 5.93. The van der Waals surface area contributed by atoms with Crippen molar-refractivity contribution in [1.82, 2.24) is 19.6 Å². The van der Waals surface area contributed by atoms with Gasteiger partial charge in [-0.05, 0) is 45.4 Å². The summed E-state index contributed by atoms with van der Waals surface area (Å²) in [6, 6.07) is 6.76. The van der Waals surface area contributed by atoms with Crippen LogP contribution in [-0.2, 0) is 11.3 Å². The van der Waals surface area contributed by atoms with Crippen LogP contribution in [0.5, 0.6) is 0 Å². The van der Waals surface area contributed by atoms with Gasteiger partial charge in [0.2, 0.25) is 5.91 Å². The van der Waals surface area contributed by atoms with E-state index in [0.29, 0.717) is 28.6 Å². The highest BCUT2D eigenvalue weighted by molar-refractivity contribution is 6.30. The molecular weight excluding hydrogens is 396 g/mol. The number of nitro groups is 1. The van der Waals surface area contributed by atoms with Crippen molar-refractivity contribution in [2.24, 2.45) is 0 Å². The van der Waals surface area contributed by atoms with E-state index >= 15 is 0 Å². The highest BCUT2D eigenvalue weighted by Crippen LogP contribution is 2.24. The molecule has 29 heavy (non-hydrogen) atoms. The number of halogens is 1. The van der Waals surface area contributed by atoms with E-state index in [9.17, 15) is 14.9 Å². The predicted molar refractivity (Wildman–Crippen MR) is 109 cm³/mol. The topological polar surface area (TPSA) is 108 Å². The van der Waals surface area contributed by atoms with Crippen LogP contribution in [0.3, 0.4) is 0 Å². The maximum Gasteiger partial charge on any atom is 0.309 e. The summed E-state index contributed by atoms with van der Waals surface area (Å²) in [5.74, 6) is -0.330. The highest BCUT2D eigenvalue weighted by atomic mass is 35.5. The Morgan fingerprint density at radius 3 is 2.48 bits per heavy atom. The van der Waals surface area contributed by atoms with E-state index in [2.05, 4.69) is 15.5 Å². The fourth-order valence-corrected chi connectivity index (χ4v) is 3.24. The molecule has 0 spiro atoms. The maximum absolute atomic E-state index is 12.8. The second-order valence-electron chi connectivity index (χ2n) is 6.81. The molecule has 1 aromatic carbocycles. The minimum Gasteiger partial charge on any atom is -0.321 e. The van der Waals surface area contributed by atoms with E-state index in [-0.39, 0.29) is 11.6 Å². The van der Waals surface area contributed by atoms with Crippen molar-refractivity contribution in [3.63, 3.8) is 0 Å². The fourth-order valence-electron chi connectivity index (χ4n) is 3.12. The smallest absolute Gasteiger partial charge is 0.309 e. The molecule has 9 nitrogen and oxygen atoms in total. The van der Waals surface area contributed by atoms with Crippen LogP contribution in [0.4, 0.5) is 11.4 Å². The van der Waals surface area contributed by atoms with Crippen molar-refractivity contribution in [3.05, 3.63) is 68.2 Å². The van der Waals surface area contributed by atoms with E-state index < -0.39 is 11.0 Å². The molecule has 1 amide bonds. The van der Waals surface area contributed by atoms with Gasteiger partial charge in [0.1, 0.15) is 17.9 Å². The Morgan fingerprint density at radius 1 is 1.24 bits per heavy atom. The van der Waals surface area contributed by atoms with Gasteiger partial charge in [-0.1, -0.05) is 23.7 Å². The van der Waals surface area contributed by atoms with E-state index in [4.69, 9.17) is 11.6 Å². The summed E-state index contributed by atoms with van der Waals surface area (Å²) in [6.07, 6.45) is 1.15. The largest absolute Gasteiger partial charge is 0.321 e. The van der Waals surface area contributed by atoms with Crippen molar-refractivity contribution in [3.8, 4) is 0 Å². The van der Waals surface area contributed by atoms with Crippen molar-refractivity contribution in [2.45, 2.75) is 40.3 Å². The summed E-state index contributed by atoms with van der Waals surface area (Å²) in [5, 5.41) is 23.1. The summed E-state index contributed by atoms with van der Waals surface area (Å²) in [6.45, 7) is 7.44. The zero-order chi connectivity index (χ0) is 21.3. The molecule has 0 fully saturated rings. The Morgan fingerprint density at radius 2 is 1.90 bits per heavy atom. The molecule has 1 atom stereocenters. The Kier molecular flexibility index (Phi) is 5.69. The van der Waals surface area contributed by atoms with Gasteiger partial charge < -0.3 is 5.32 Å². The minimum atomic E-state index is -0.720. The molecule has 1 N–H and O–H groups in total. The Hall–Kier alpha value is -3.20. The van der Waals surface area contributed by atoms with Crippen LogP contribution in [0, 0.1) is 30.9 Å². The molecule has 152 valence electrons. The molecule has 2 aromatic heterocycles. The third-order valence-corrected chi connectivity index (χ3v) is 5.09. The maximum atomic E-state index is 12.8. The standard InChI is InChI=1S/C19H21ClN6O3/c1-11-18(13(3)24(23-11)10-15-5-7-16(20)8-6-15)22-19(27)14(4)25-12(2)17(9-21-25)26(28)29/h5-9,14H,10H2,1-4H3,(H,22,27). The zero-order valence-electron chi connectivity index (χ0n) is 16.5. The van der Waals surface area contributed by atoms with Crippen molar-refractivity contribution >= 4 is 28.9 Å². The van der Waals surface area contributed by atoms with E-state index in [0.717, 1.165) is 17.5 Å². The Balaban J connectivity index is 1.79. The van der Waals surface area contributed by atoms with E-state index in [1.165, 1.54) is 4.68 Å². The van der Waals surface area contributed by atoms with Crippen LogP contribution in [-0.4, -0.2) is 30.4 Å². The average molecular weight is 417 g/mol. The third kappa shape index (κ3) is 4.14. The van der Waals surface area contributed by atoms with Gasteiger partial charge in [-0.3, -0.25) is 24.3 Å². The van der Waals surface area contributed by atoms with Gasteiger partial charge in [0.05, 0.1) is 28.5 Å². The number of nitrogens with one attached hydrogen (secondary N) is 1. The monoisotopic (exact) mass is 416 g/mol. The number of carbonyl (C=O) groups is 1. The quantitative estimate of drug-likeness (QED) is 0.485. The van der Waals surface area contributed by atoms with Crippen LogP contribution in [0.1, 0.15) is 35.6 Å². The lowest BCUT2D eigenvalue weighted by molar-refractivity contribution is -0.385. The first-order valence-corrected chi connectivity index (χ1v) is 9.34. The summed E-state index contributed by atoms with van der Waals surface area (Å²) in [5.41, 5.74) is 3.35. The summed E-state index contributed by atoms with van der Waals surface area (Å²) in [7, 11) is 0. The average Bonchev–Trinajstić information content (AvgIpc) is 3.18. The number of aromatic nitrogens is 4. The van der Waals surface area contributed by atoms with Gasteiger partial charge in [-0.25, -0.2) is 0 Å². The molecular formula is C19H21ClN6O3. The molecule has 1 unspecified atom stereocenters. The van der Waals surface area contributed by atoms with Crippen molar-refractivity contribution in [1.29, 1.82) is 0 Å². The molecule has 0 saturated heterocycles. The Labute approximate surface area is 172 Å². The number of hydrogen-bond acceptors (Lipinski definition) is 5. The van der Waals surface area contributed by atoms with Crippen LogP contribution in [0.25, 0.3) is 0 Å². The van der Waals surface area contributed by atoms with Gasteiger partial charge in [0.15, 0.2) is 0 Å². The lowest BCUT2D eigenvalue weighted by Crippen LogP contribution is -2.25. The number of aryl methyl sites for hydroxylation is 1. The summed E-state index contributed by atoms with van der Waals surface area (Å²) in [4.78, 5) is 23.3. The first-order valence-electron chi connectivity index (χ1n) is 8.96. The number of carbonyl (C=O) groups excluding carboxylic acids is 1. The molecule has 10 heteroatoms. The second kappa shape index (κ2) is 8.04. The van der Waals surface area contributed by atoms with E-state index in [1.807, 2.05) is 42.8 Å². The molecule has 0 saturated carbocycles. The molecule has 0 aliphatic heterocycles. The molecule has 0 aliphatic carbocycles. The van der Waals surface area contributed by atoms with Gasteiger partial charge >= 0.3 is 5.69 Å². The van der Waals surface area contributed by atoms with Crippen LogP contribution in [0.2, 0.25) is 5.02 Å². The van der Waals surface area contributed by atoms with Crippen molar-refractivity contribution in [2.75, 3.05) is 5.32 Å². The van der Waals surface area contributed by atoms with Crippen LogP contribution in [0.15, 0.2) is 30.5 Å². The third-order valence-electron chi connectivity index (χ3n) is 4.84. The van der Waals surface area contributed by atoms with Gasteiger partial charge in [0.25, 0.3) is 0 Å². The number of nitrogens with zero attached hydrogens (tertiary/aromatic N) is 5. The molecule has 0 aliphatic rings. The van der Waals surface area contributed by atoms with Crippen LogP contribution >= 0.6 is 11.6 Å². The zero-order valence-corrected chi connectivity index (χ0v) is 17.3. The number of amides is 1. The molecule has 3 rings (SSSR count). The SMILES string of the molecule is Cc1nn(Cc2ccc(Cl)cc2)c(C)c1NC(=O)C(C)n1ncc([N+](=O)[O-])c1C. The van der Waals surface area contributed by atoms with Crippen LogP contribution < -0.4 is 5.32 Å². The highest BCUT2D eigenvalue weighted by Gasteiger charge is 2.25. The number of anilines is 1. The first-order chi connectivity index (χ1) is 13.7. The van der Waals surface area contributed by atoms with Gasteiger partial charge in [-0.15, -0.1) is 0 Å². The predicted octanol–water partition coefficient (Wildman–Crippen LogP) is 3.81. The fraction of sp³-hybridized carbons (Fsp3) is 0.316. The molecule has 0 bridgehead atoms. The summed E-state index contributed by atoms with van der Waals surface area (Å²) < 4.78 is 3.15. The number of hydrogen-bond donors (Lipinski definition) is 1. The molecule has 3 aromatic rings. The number of benzene rings is 1. The molecule has 0 radical (unpaired) electrons. The van der Waals surface area contributed by atoms with E-state index in [1.54, 1.807) is 13.8 Å². The normalized spacial score (nSPS) is 12.0. The molecule has 2 heterocycles. The number of rotatable bonds is 6. The lowest BCUT2D eigenvalue weighted by Gasteiger charge is -2.14. The van der Waals surface area contributed by atoms with Gasteiger partial charge in [0, 0.05) is 5.02 Å². The first kappa shape index (κ1) is 20.5. The van der Waals surface area contributed by atoms with Gasteiger partial charge in [-0.2, -0.15) is 10.2 Å². The second-order valence-corrected chi connectivity index (χ2v) is 7.25. The minimum absolute atomic E-state index is 0.118. The van der Waals surface area contributed by atoms with Crippen molar-refractivity contribution < 1.29 is 9.72 Å². The lowest BCUT2D eigenvalue weighted by atomic mass is 10.2. The Bertz CT molecular complexity index is 1070.